The third-order valence-electron chi connectivity index (χ3n) is 2.10. The van der Waals surface area contributed by atoms with Crippen LogP contribution in [0.2, 0.25) is 5.02 Å². The number of benzene rings is 2. The SMILES string of the molecule is O=Cc1ccc(Cl)c2c(F)cccc12. The highest BCUT2D eigenvalue weighted by Crippen LogP contribution is 2.27. The fourth-order valence-corrected chi connectivity index (χ4v) is 1.70. The third-order valence-corrected chi connectivity index (χ3v) is 2.41. The van der Waals surface area contributed by atoms with E-state index in [0.717, 1.165) is 0 Å². The van der Waals surface area contributed by atoms with Gasteiger partial charge in [0.05, 0.1) is 5.02 Å². The maximum Gasteiger partial charge on any atom is 0.150 e. The van der Waals surface area contributed by atoms with Gasteiger partial charge in [0.2, 0.25) is 0 Å². The molecule has 0 atom stereocenters. The molecule has 2 aromatic rings. The van der Waals surface area contributed by atoms with Crippen molar-refractivity contribution in [3.05, 3.63) is 46.7 Å². The zero-order valence-electron chi connectivity index (χ0n) is 7.13. The van der Waals surface area contributed by atoms with Gasteiger partial charge in [0.15, 0.2) is 6.29 Å². The van der Waals surface area contributed by atoms with E-state index in [1.165, 1.54) is 12.1 Å². The summed E-state index contributed by atoms with van der Waals surface area (Å²) in [7, 11) is 0. The van der Waals surface area contributed by atoms with Gasteiger partial charge >= 0.3 is 0 Å². The number of fused-ring (bicyclic) bond motifs is 1. The molecule has 0 saturated heterocycles. The summed E-state index contributed by atoms with van der Waals surface area (Å²) in [5.74, 6) is -0.406. The molecule has 0 bridgehead atoms. The number of hydrogen-bond acceptors (Lipinski definition) is 1. The summed E-state index contributed by atoms with van der Waals surface area (Å²) < 4.78 is 13.4. The number of halogens is 2. The molecule has 3 heteroatoms. The lowest BCUT2D eigenvalue weighted by Crippen LogP contribution is -1.87. The van der Waals surface area contributed by atoms with Crippen LogP contribution < -0.4 is 0 Å². The quantitative estimate of drug-likeness (QED) is 0.656. The average molecular weight is 209 g/mol. The fourth-order valence-electron chi connectivity index (χ4n) is 1.45. The monoisotopic (exact) mass is 208 g/mol. The van der Waals surface area contributed by atoms with Crippen LogP contribution in [-0.4, -0.2) is 6.29 Å². The van der Waals surface area contributed by atoms with Gasteiger partial charge in [-0.05, 0) is 23.6 Å². The van der Waals surface area contributed by atoms with Gasteiger partial charge < -0.3 is 0 Å². The van der Waals surface area contributed by atoms with Crippen LogP contribution in [0.5, 0.6) is 0 Å². The topological polar surface area (TPSA) is 17.1 Å². The lowest BCUT2D eigenvalue weighted by atomic mass is 10.1. The highest BCUT2D eigenvalue weighted by molar-refractivity contribution is 6.36. The first-order valence-electron chi connectivity index (χ1n) is 4.06. The summed E-state index contributed by atoms with van der Waals surface area (Å²) in [5.41, 5.74) is 0.448. The van der Waals surface area contributed by atoms with Crippen molar-refractivity contribution in [1.29, 1.82) is 0 Å². The standard InChI is InChI=1S/C11H6ClFO/c12-9-5-4-7(6-14)8-2-1-3-10(13)11(8)9/h1-6H. The number of aldehydes is 1. The summed E-state index contributed by atoms with van der Waals surface area (Å²) in [6, 6.07) is 7.66. The summed E-state index contributed by atoms with van der Waals surface area (Å²) in [5, 5.41) is 1.18. The Morgan fingerprint density at radius 3 is 2.71 bits per heavy atom. The molecule has 2 aromatic carbocycles. The molecule has 0 aliphatic carbocycles. The smallest absolute Gasteiger partial charge is 0.150 e. The second-order valence-corrected chi connectivity index (χ2v) is 3.32. The maximum absolute atomic E-state index is 13.4. The van der Waals surface area contributed by atoms with E-state index in [0.29, 0.717) is 27.6 Å². The van der Waals surface area contributed by atoms with Gasteiger partial charge in [-0.3, -0.25) is 4.79 Å². The zero-order chi connectivity index (χ0) is 10.1. The van der Waals surface area contributed by atoms with Gasteiger partial charge in [-0.2, -0.15) is 0 Å². The summed E-state index contributed by atoms with van der Waals surface area (Å²) in [6.07, 6.45) is 0.693. The Bertz CT molecular complexity index is 500. The maximum atomic E-state index is 13.4. The van der Waals surface area contributed by atoms with Crippen LogP contribution in [0.25, 0.3) is 10.8 Å². The second-order valence-electron chi connectivity index (χ2n) is 2.92. The molecule has 0 unspecified atom stereocenters. The van der Waals surface area contributed by atoms with Crippen LogP contribution in [0.4, 0.5) is 4.39 Å². The number of carbonyl (C=O) groups excluding carboxylic acids is 1. The molecule has 0 fully saturated rings. The van der Waals surface area contributed by atoms with Crippen LogP contribution in [0.3, 0.4) is 0 Å². The van der Waals surface area contributed by atoms with Gasteiger partial charge in [0.25, 0.3) is 0 Å². The van der Waals surface area contributed by atoms with Crippen LogP contribution in [-0.2, 0) is 0 Å². The van der Waals surface area contributed by atoms with Gasteiger partial charge in [0, 0.05) is 10.9 Å². The molecule has 0 heterocycles. The Balaban J connectivity index is 2.98. The first-order chi connectivity index (χ1) is 6.74. The Hall–Kier alpha value is -1.41. The Labute approximate surface area is 85.1 Å². The van der Waals surface area contributed by atoms with Gasteiger partial charge in [0.1, 0.15) is 5.82 Å². The predicted molar refractivity (Wildman–Crippen MR) is 54.3 cm³/mol. The molecule has 1 nitrogen and oxygen atoms in total. The molecule has 0 amide bonds. The van der Waals surface area contributed by atoms with E-state index in [-0.39, 0.29) is 0 Å². The van der Waals surface area contributed by atoms with Crippen molar-refractivity contribution in [1.82, 2.24) is 0 Å². The minimum Gasteiger partial charge on any atom is -0.298 e. The summed E-state index contributed by atoms with van der Waals surface area (Å²) in [4.78, 5) is 10.7. The molecule has 2 rings (SSSR count). The molecule has 0 N–H and O–H groups in total. The van der Waals surface area contributed by atoms with E-state index in [4.69, 9.17) is 11.6 Å². The predicted octanol–water partition coefficient (Wildman–Crippen LogP) is 3.44. The minimum absolute atomic E-state index is 0.304. The Morgan fingerprint density at radius 1 is 1.21 bits per heavy atom. The van der Waals surface area contributed by atoms with E-state index in [2.05, 4.69) is 0 Å². The Kier molecular flexibility index (Phi) is 2.22. The first kappa shape index (κ1) is 9.16. The zero-order valence-corrected chi connectivity index (χ0v) is 7.88. The highest BCUT2D eigenvalue weighted by atomic mass is 35.5. The average Bonchev–Trinajstić information content (AvgIpc) is 2.18. The lowest BCUT2D eigenvalue weighted by Gasteiger charge is -2.03. The minimum atomic E-state index is -0.406. The molecule has 0 aromatic heterocycles. The largest absolute Gasteiger partial charge is 0.298 e. The van der Waals surface area contributed by atoms with Gasteiger partial charge in [-0.25, -0.2) is 4.39 Å². The van der Waals surface area contributed by atoms with Crippen LogP contribution >= 0.6 is 11.6 Å². The molecule has 0 aliphatic heterocycles. The van der Waals surface area contributed by atoms with E-state index >= 15 is 0 Å². The normalized spacial score (nSPS) is 10.4. The number of hydrogen-bond donors (Lipinski definition) is 0. The van der Waals surface area contributed by atoms with Crippen molar-refractivity contribution in [3.8, 4) is 0 Å². The van der Waals surface area contributed by atoms with Crippen LogP contribution in [0, 0.1) is 5.82 Å². The van der Waals surface area contributed by atoms with E-state index in [9.17, 15) is 9.18 Å². The van der Waals surface area contributed by atoms with Crippen LogP contribution in [0.1, 0.15) is 10.4 Å². The van der Waals surface area contributed by atoms with Crippen molar-refractivity contribution < 1.29 is 9.18 Å². The molecular formula is C11H6ClFO. The molecule has 0 aliphatic rings. The van der Waals surface area contributed by atoms with Crippen molar-refractivity contribution in [2.75, 3.05) is 0 Å². The molecule has 0 saturated carbocycles. The third kappa shape index (κ3) is 1.28. The molecule has 14 heavy (non-hydrogen) atoms. The van der Waals surface area contributed by atoms with E-state index < -0.39 is 5.82 Å². The summed E-state index contributed by atoms with van der Waals surface area (Å²) >= 11 is 5.84. The highest BCUT2D eigenvalue weighted by Gasteiger charge is 2.07. The number of rotatable bonds is 1. The van der Waals surface area contributed by atoms with Crippen molar-refractivity contribution >= 4 is 28.7 Å². The first-order valence-corrected chi connectivity index (χ1v) is 4.44. The van der Waals surface area contributed by atoms with Crippen molar-refractivity contribution in [3.63, 3.8) is 0 Å². The Morgan fingerprint density at radius 2 is 2.00 bits per heavy atom. The second kappa shape index (κ2) is 3.39. The van der Waals surface area contributed by atoms with Gasteiger partial charge in [-0.15, -0.1) is 0 Å². The van der Waals surface area contributed by atoms with E-state index in [1.807, 2.05) is 0 Å². The fraction of sp³-hybridized carbons (Fsp3) is 0. The molecule has 0 radical (unpaired) electrons. The number of carbonyl (C=O) groups is 1. The lowest BCUT2D eigenvalue weighted by molar-refractivity contribution is 0.112. The van der Waals surface area contributed by atoms with Crippen LogP contribution in [0.15, 0.2) is 30.3 Å². The van der Waals surface area contributed by atoms with Crippen molar-refractivity contribution in [2.45, 2.75) is 0 Å². The van der Waals surface area contributed by atoms with Gasteiger partial charge in [-0.1, -0.05) is 23.7 Å². The molecule has 0 spiro atoms. The molecule has 70 valence electrons. The van der Waals surface area contributed by atoms with E-state index in [1.54, 1.807) is 18.2 Å². The molecular weight excluding hydrogens is 203 g/mol. The van der Waals surface area contributed by atoms with Crippen molar-refractivity contribution in [2.24, 2.45) is 0 Å². The summed E-state index contributed by atoms with van der Waals surface area (Å²) in [6.45, 7) is 0.